The molecule has 1 N–H and O–H groups in total. The second-order valence-electron chi connectivity index (χ2n) is 8.59. The number of benzene rings is 2. The lowest BCUT2D eigenvalue weighted by molar-refractivity contribution is -0.288. The monoisotopic (exact) mass is 544 g/mol. The molecule has 1 saturated heterocycles. The van der Waals surface area contributed by atoms with E-state index in [-0.39, 0.29) is 17.9 Å². The van der Waals surface area contributed by atoms with E-state index >= 15 is 0 Å². The molecule has 2 aromatic rings. The van der Waals surface area contributed by atoms with E-state index in [1.165, 1.54) is 19.1 Å². The fourth-order valence-electron chi connectivity index (χ4n) is 3.95. The molecular formula is C27H28O12. The Kier molecular flexibility index (Phi) is 9.61. The predicted octanol–water partition coefficient (Wildman–Crippen LogP) is 2.51. The highest BCUT2D eigenvalue weighted by Gasteiger charge is 2.53. The van der Waals surface area contributed by atoms with Crippen molar-refractivity contribution in [3.8, 4) is 16.9 Å². The average Bonchev–Trinajstić information content (AvgIpc) is 2.86. The summed E-state index contributed by atoms with van der Waals surface area (Å²) in [6.07, 6.45) is -6.47. The second kappa shape index (κ2) is 12.9. The SMILES string of the molecule is CC(=O)OCC1O[C@H](Oc2ccc(-c3ccc(C(=O)O)cc3)cc2)[C@H](OC(C)=O)C(OC(C)=O)[C@@H]1OC(C)=O. The first kappa shape index (κ1) is 29.1. The molecule has 12 heteroatoms. The molecule has 39 heavy (non-hydrogen) atoms. The Balaban J connectivity index is 1.91. The molecule has 0 aromatic heterocycles. The average molecular weight is 545 g/mol. The number of rotatable bonds is 9. The minimum Gasteiger partial charge on any atom is -0.478 e. The van der Waals surface area contributed by atoms with Crippen LogP contribution in [-0.2, 0) is 42.9 Å². The fraction of sp³-hybridized carbons (Fsp3) is 0.370. The lowest BCUT2D eigenvalue weighted by Crippen LogP contribution is -2.63. The van der Waals surface area contributed by atoms with Crippen LogP contribution in [0.2, 0.25) is 0 Å². The Hall–Kier alpha value is -4.45. The zero-order chi connectivity index (χ0) is 28.7. The molecule has 2 aromatic carbocycles. The van der Waals surface area contributed by atoms with Crippen molar-refractivity contribution in [2.75, 3.05) is 6.61 Å². The standard InChI is InChI=1S/C27H28O12/c1-14(28)34-13-22-23(35-15(2)29)24(36-16(3)30)25(37-17(4)31)27(39-22)38-21-11-9-19(10-12-21)18-5-7-20(8-6-18)26(32)33/h5-12,22-25,27H,13H2,1-4H3,(H,32,33)/t22?,23-,24?,25-,27+/m1/s1. The summed E-state index contributed by atoms with van der Waals surface area (Å²) in [5.74, 6) is -3.61. The highest BCUT2D eigenvalue weighted by atomic mass is 16.7. The number of carboxylic acid groups (broad SMARTS) is 1. The van der Waals surface area contributed by atoms with Crippen LogP contribution in [0.4, 0.5) is 0 Å². The van der Waals surface area contributed by atoms with Crippen molar-refractivity contribution in [1.82, 2.24) is 0 Å². The molecule has 0 radical (unpaired) electrons. The molecule has 1 fully saturated rings. The summed E-state index contributed by atoms with van der Waals surface area (Å²) in [7, 11) is 0. The molecule has 0 bridgehead atoms. The van der Waals surface area contributed by atoms with E-state index in [1.807, 2.05) is 0 Å². The molecule has 208 valence electrons. The Morgan fingerprint density at radius 2 is 1.18 bits per heavy atom. The van der Waals surface area contributed by atoms with Crippen molar-refractivity contribution in [2.45, 2.75) is 58.4 Å². The largest absolute Gasteiger partial charge is 0.478 e. The predicted molar refractivity (Wildman–Crippen MR) is 131 cm³/mol. The Labute approximate surface area is 223 Å². The number of carbonyl (C=O) groups is 5. The maximum absolute atomic E-state index is 11.9. The van der Waals surface area contributed by atoms with Gasteiger partial charge in [0.25, 0.3) is 0 Å². The van der Waals surface area contributed by atoms with Gasteiger partial charge in [0.15, 0.2) is 12.2 Å². The quantitative estimate of drug-likeness (QED) is 0.363. The molecule has 0 amide bonds. The maximum Gasteiger partial charge on any atom is 0.335 e. The van der Waals surface area contributed by atoms with E-state index in [0.29, 0.717) is 0 Å². The first-order valence-electron chi connectivity index (χ1n) is 11.9. The molecule has 0 spiro atoms. The van der Waals surface area contributed by atoms with Crippen molar-refractivity contribution in [3.05, 3.63) is 54.1 Å². The second-order valence-corrected chi connectivity index (χ2v) is 8.59. The fourth-order valence-corrected chi connectivity index (χ4v) is 3.95. The highest BCUT2D eigenvalue weighted by molar-refractivity contribution is 5.88. The number of esters is 4. The van der Waals surface area contributed by atoms with Crippen LogP contribution in [-0.4, -0.2) is 72.3 Å². The Bertz CT molecular complexity index is 1200. The number of aromatic carboxylic acids is 1. The van der Waals surface area contributed by atoms with E-state index in [0.717, 1.165) is 31.9 Å². The van der Waals surface area contributed by atoms with Gasteiger partial charge in [-0.15, -0.1) is 0 Å². The van der Waals surface area contributed by atoms with Gasteiger partial charge in [-0.05, 0) is 35.4 Å². The van der Waals surface area contributed by atoms with Gasteiger partial charge in [0, 0.05) is 27.7 Å². The van der Waals surface area contributed by atoms with Crippen molar-refractivity contribution >= 4 is 29.8 Å². The normalized spacial score (nSPS) is 22.2. The van der Waals surface area contributed by atoms with Gasteiger partial charge in [-0.1, -0.05) is 24.3 Å². The zero-order valence-corrected chi connectivity index (χ0v) is 21.7. The maximum atomic E-state index is 11.9. The summed E-state index contributed by atoms with van der Waals surface area (Å²) in [5.41, 5.74) is 1.68. The van der Waals surface area contributed by atoms with Crippen LogP contribution < -0.4 is 4.74 Å². The Morgan fingerprint density at radius 3 is 1.67 bits per heavy atom. The van der Waals surface area contributed by atoms with E-state index < -0.39 is 60.6 Å². The summed E-state index contributed by atoms with van der Waals surface area (Å²) in [5, 5.41) is 9.08. The summed E-state index contributed by atoms with van der Waals surface area (Å²) in [4.78, 5) is 58.3. The summed E-state index contributed by atoms with van der Waals surface area (Å²) in [6.45, 7) is 4.21. The zero-order valence-electron chi connectivity index (χ0n) is 21.7. The van der Waals surface area contributed by atoms with Crippen LogP contribution in [0, 0.1) is 0 Å². The molecule has 12 nitrogen and oxygen atoms in total. The van der Waals surface area contributed by atoms with Crippen LogP contribution >= 0.6 is 0 Å². The van der Waals surface area contributed by atoms with Gasteiger partial charge < -0.3 is 33.5 Å². The van der Waals surface area contributed by atoms with Gasteiger partial charge in [0.2, 0.25) is 12.4 Å². The van der Waals surface area contributed by atoms with Crippen LogP contribution in [0.15, 0.2) is 48.5 Å². The first-order chi connectivity index (χ1) is 18.4. The Morgan fingerprint density at radius 1 is 0.692 bits per heavy atom. The lowest BCUT2D eigenvalue weighted by Gasteiger charge is -2.43. The van der Waals surface area contributed by atoms with E-state index in [2.05, 4.69) is 0 Å². The van der Waals surface area contributed by atoms with Gasteiger partial charge in [0.1, 0.15) is 18.5 Å². The number of hydrogen-bond acceptors (Lipinski definition) is 11. The van der Waals surface area contributed by atoms with Crippen LogP contribution in [0.5, 0.6) is 5.75 Å². The molecule has 5 atom stereocenters. The number of ether oxygens (including phenoxy) is 6. The molecule has 3 rings (SSSR count). The van der Waals surface area contributed by atoms with E-state index in [4.69, 9.17) is 33.5 Å². The molecule has 1 aliphatic rings. The van der Waals surface area contributed by atoms with Gasteiger partial charge in [-0.25, -0.2) is 4.79 Å². The van der Waals surface area contributed by atoms with E-state index in [1.54, 1.807) is 36.4 Å². The molecule has 2 unspecified atom stereocenters. The van der Waals surface area contributed by atoms with Crippen LogP contribution in [0.25, 0.3) is 11.1 Å². The van der Waals surface area contributed by atoms with E-state index in [9.17, 15) is 24.0 Å². The minimum atomic E-state index is -1.36. The van der Waals surface area contributed by atoms with Crippen LogP contribution in [0.1, 0.15) is 38.1 Å². The molecule has 0 aliphatic carbocycles. The third-order valence-corrected chi connectivity index (χ3v) is 5.52. The lowest BCUT2D eigenvalue weighted by atomic mass is 9.98. The van der Waals surface area contributed by atoms with Crippen molar-refractivity contribution in [1.29, 1.82) is 0 Å². The summed E-state index contributed by atoms with van der Waals surface area (Å²) >= 11 is 0. The first-order valence-corrected chi connectivity index (χ1v) is 11.9. The number of hydrogen-bond donors (Lipinski definition) is 1. The summed E-state index contributed by atoms with van der Waals surface area (Å²) in [6, 6.07) is 13.0. The molecule has 1 heterocycles. The van der Waals surface area contributed by atoms with Gasteiger partial charge in [-0.3, -0.25) is 19.2 Å². The third kappa shape index (κ3) is 8.01. The molecule has 1 aliphatic heterocycles. The smallest absolute Gasteiger partial charge is 0.335 e. The summed E-state index contributed by atoms with van der Waals surface area (Å²) < 4.78 is 33.1. The van der Waals surface area contributed by atoms with Gasteiger partial charge in [-0.2, -0.15) is 0 Å². The van der Waals surface area contributed by atoms with Gasteiger partial charge >= 0.3 is 29.8 Å². The van der Waals surface area contributed by atoms with Crippen molar-refractivity contribution in [2.24, 2.45) is 0 Å². The molecule has 0 saturated carbocycles. The van der Waals surface area contributed by atoms with Gasteiger partial charge in [0.05, 0.1) is 5.56 Å². The third-order valence-electron chi connectivity index (χ3n) is 5.52. The molecular weight excluding hydrogens is 516 g/mol. The van der Waals surface area contributed by atoms with Crippen LogP contribution in [0.3, 0.4) is 0 Å². The minimum absolute atomic E-state index is 0.155. The van der Waals surface area contributed by atoms with Crippen molar-refractivity contribution < 1.29 is 57.5 Å². The number of carboxylic acids is 1. The topological polar surface area (TPSA) is 161 Å². The number of carbonyl (C=O) groups excluding carboxylic acids is 4. The highest BCUT2D eigenvalue weighted by Crippen LogP contribution is 2.32. The van der Waals surface area contributed by atoms with Crippen molar-refractivity contribution in [3.63, 3.8) is 0 Å².